The van der Waals surface area contributed by atoms with Crippen molar-refractivity contribution < 1.29 is 52.2 Å². The third kappa shape index (κ3) is 55.4. The zero-order valence-electron chi connectivity index (χ0n) is 48.5. The Morgan fingerprint density at radius 3 is 1.07 bits per heavy atom. The molecule has 0 aliphatic rings. The lowest BCUT2D eigenvalue weighted by atomic mass is 10.1. The van der Waals surface area contributed by atoms with Gasteiger partial charge in [0.1, 0.15) is 12.7 Å². The Morgan fingerprint density at radius 1 is 0.382 bits per heavy atom. The average molecular weight is 1090 g/mol. The van der Waals surface area contributed by atoms with E-state index in [4.69, 9.17) is 23.3 Å². The summed E-state index contributed by atoms with van der Waals surface area (Å²) in [6, 6.07) is 0. The van der Waals surface area contributed by atoms with Gasteiger partial charge in [0, 0.05) is 19.3 Å². The van der Waals surface area contributed by atoms with Crippen LogP contribution >= 0.6 is 7.82 Å². The first-order valence-corrected chi connectivity index (χ1v) is 32.0. The monoisotopic (exact) mass is 1090 g/mol. The molecule has 0 rings (SSSR count). The minimum atomic E-state index is -4.76. The summed E-state index contributed by atoms with van der Waals surface area (Å²) >= 11 is 0. The lowest BCUT2D eigenvalue weighted by Crippen LogP contribution is -2.30. The number of hydrogen-bond acceptors (Lipinski definition) is 10. The van der Waals surface area contributed by atoms with Gasteiger partial charge in [0.2, 0.25) is 0 Å². The minimum absolute atomic E-state index is 0.152. The van der Waals surface area contributed by atoms with Crippen molar-refractivity contribution in [3.05, 3.63) is 85.1 Å². The number of aliphatic hydroxyl groups excluding tert-OH is 1. The number of phosphoric ester groups is 1. The second-order valence-electron chi connectivity index (χ2n) is 20.1. The molecule has 0 aromatic carbocycles. The third-order valence-corrected chi connectivity index (χ3v) is 13.7. The predicted molar refractivity (Wildman–Crippen MR) is 316 cm³/mol. The predicted octanol–water partition coefficient (Wildman–Crippen LogP) is 18.3. The van der Waals surface area contributed by atoms with Crippen molar-refractivity contribution in [2.24, 2.45) is 0 Å². The van der Waals surface area contributed by atoms with Gasteiger partial charge in [-0.3, -0.25) is 23.4 Å². The van der Waals surface area contributed by atoms with Gasteiger partial charge in [0.25, 0.3) is 0 Å². The molecule has 0 spiro atoms. The number of ether oxygens (including phenoxy) is 3. The summed E-state index contributed by atoms with van der Waals surface area (Å²) in [7, 11) is -4.76. The third-order valence-electron chi connectivity index (χ3n) is 12.8. The van der Waals surface area contributed by atoms with Gasteiger partial charge < -0.3 is 24.2 Å². The largest absolute Gasteiger partial charge is 0.472 e. The van der Waals surface area contributed by atoms with Crippen molar-refractivity contribution in [2.75, 3.05) is 26.4 Å². The lowest BCUT2D eigenvalue weighted by Gasteiger charge is -2.21. The molecule has 0 heterocycles. The number of rotatable bonds is 56. The number of esters is 3. The van der Waals surface area contributed by atoms with Gasteiger partial charge in [-0.1, -0.05) is 221 Å². The van der Waals surface area contributed by atoms with E-state index in [-0.39, 0.29) is 25.9 Å². The van der Waals surface area contributed by atoms with E-state index >= 15 is 0 Å². The van der Waals surface area contributed by atoms with Crippen LogP contribution in [0.4, 0.5) is 0 Å². The Labute approximate surface area is 464 Å². The smallest absolute Gasteiger partial charge is 0.462 e. The molecule has 0 saturated heterocycles. The van der Waals surface area contributed by atoms with Crippen molar-refractivity contribution in [3.8, 4) is 0 Å². The fraction of sp³-hybridized carbons (Fsp3) is 0.734. The molecule has 0 fully saturated rings. The van der Waals surface area contributed by atoms with Gasteiger partial charge in [-0.25, -0.2) is 4.57 Å². The summed E-state index contributed by atoms with van der Waals surface area (Å²) in [5.74, 6) is -1.49. The second kappa shape index (κ2) is 57.8. The highest BCUT2D eigenvalue weighted by atomic mass is 31.2. The summed E-state index contributed by atoms with van der Waals surface area (Å²) < 4.78 is 39.6. The molecule has 0 aromatic heterocycles. The van der Waals surface area contributed by atoms with Crippen LogP contribution in [0.15, 0.2) is 85.1 Å². The van der Waals surface area contributed by atoms with E-state index in [0.29, 0.717) is 19.3 Å². The van der Waals surface area contributed by atoms with E-state index in [0.717, 1.165) is 148 Å². The molecule has 0 aromatic rings. The highest BCUT2D eigenvalue weighted by Crippen LogP contribution is 2.43. The van der Waals surface area contributed by atoms with Gasteiger partial charge >= 0.3 is 25.7 Å². The first kappa shape index (κ1) is 72.7. The first-order chi connectivity index (χ1) is 37.2. The van der Waals surface area contributed by atoms with Gasteiger partial charge in [-0.05, 0) is 109 Å². The quantitative estimate of drug-likeness (QED) is 0.0197. The summed E-state index contributed by atoms with van der Waals surface area (Å²) in [5.41, 5.74) is 0. The molecule has 438 valence electrons. The molecule has 0 aliphatic carbocycles. The Kier molecular flexibility index (Phi) is 55.3. The van der Waals surface area contributed by atoms with Crippen LogP contribution < -0.4 is 0 Å². The SMILES string of the molecule is CC/C=C\C/C=C\C/C=C\CCCCCCCCCC(=O)OC(CO)COP(=O)(O)OCC(COC(=O)CCCCCCC/C=C\CCCCCCCC)OC(=O)CCCCCCCCC/C=C\C/C=C\C/C=C\CC. The van der Waals surface area contributed by atoms with E-state index in [9.17, 15) is 28.9 Å². The average Bonchev–Trinajstić information content (AvgIpc) is 3.41. The highest BCUT2D eigenvalue weighted by molar-refractivity contribution is 7.47. The Balaban J connectivity index is 4.73. The van der Waals surface area contributed by atoms with E-state index < -0.39 is 57.8 Å². The number of carbonyl (C=O) groups excluding carboxylic acids is 3. The van der Waals surface area contributed by atoms with Crippen molar-refractivity contribution in [1.82, 2.24) is 0 Å². The first-order valence-electron chi connectivity index (χ1n) is 30.5. The van der Waals surface area contributed by atoms with E-state index in [1.165, 1.54) is 57.8 Å². The molecule has 0 aliphatic heterocycles. The summed E-state index contributed by atoms with van der Waals surface area (Å²) in [4.78, 5) is 48.7. The molecule has 11 nitrogen and oxygen atoms in total. The van der Waals surface area contributed by atoms with Crippen LogP contribution in [0.2, 0.25) is 0 Å². The van der Waals surface area contributed by atoms with Crippen LogP contribution in [0.5, 0.6) is 0 Å². The Hall–Kier alpha value is -3.34. The number of allylic oxidation sites excluding steroid dienone is 14. The lowest BCUT2D eigenvalue weighted by molar-refractivity contribution is -0.161. The maximum absolute atomic E-state index is 12.9. The molecule has 3 unspecified atom stereocenters. The van der Waals surface area contributed by atoms with Crippen molar-refractivity contribution in [2.45, 2.75) is 277 Å². The molecular weight excluding hydrogens is 976 g/mol. The molecule has 76 heavy (non-hydrogen) atoms. The van der Waals surface area contributed by atoms with Crippen molar-refractivity contribution in [1.29, 1.82) is 0 Å². The standard InChI is InChI=1S/C64H111O11P/c1-4-7-10-13-16-19-22-25-28-30-33-36-39-42-45-48-51-54-63(67)74-60(56-65)58-72-76(69,70)73-59-61(57-71-62(66)53-50-47-44-41-38-35-32-27-24-21-18-15-12-9-6-3)75-64(68)55-52-49-46-43-40-37-34-31-29-26-23-20-17-14-11-8-5-2/h7-8,10-11,16-17,19-20,25-29,32,60-61,65H,4-6,9,12-15,18,21-24,30-31,33-59H2,1-3H3,(H,69,70)/b10-7-,11-8-,19-16-,20-17-,28-25-,29-26-,32-27-. The fourth-order valence-corrected chi connectivity index (χ4v) is 8.99. The zero-order chi connectivity index (χ0) is 55.5. The van der Waals surface area contributed by atoms with Crippen LogP contribution in [0.25, 0.3) is 0 Å². The van der Waals surface area contributed by atoms with E-state index in [2.05, 4.69) is 106 Å². The van der Waals surface area contributed by atoms with Gasteiger partial charge in [0.05, 0.1) is 19.8 Å². The molecule has 2 N–H and O–H groups in total. The Morgan fingerprint density at radius 2 is 0.684 bits per heavy atom. The maximum atomic E-state index is 12.9. The molecule has 0 bridgehead atoms. The summed E-state index contributed by atoms with van der Waals surface area (Å²) in [6.07, 6.45) is 66.7. The van der Waals surface area contributed by atoms with Crippen LogP contribution in [0.3, 0.4) is 0 Å². The van der Waals surface area contributed by atoms with E-state index in [1.807, 2.05) is 0 Å². The number of phosphoric acid groups is 1. The maximum Gasteiger partial charge on any atom is 0.472 e. The number of unbranched alkanes of at least 4 members (excludes halogenated alkanes) is 25. The molecule has 12 heteroatoms. The number of aliphatic hydroxyl groups is 1. The summed E-state index contributed by atoms with van der Waals surface area (Å²) in [6.45, 7) is 4.41. The normalized spacial score (nSPS) is 13.9. The van der Waals surface area contributed by atoms with Gasteiger partial charge in [-0.2, -0.15) is 0 Å². The fourth-order valence-electron chi connectivity index (χ4n) is 8.20. The number of hydrogen-bond donors (Lipinski definition) is 2. The van der Waals surface area contributed by atoms with Crippen LogP contribution in [0.1, 0.15) is 265 Å². The van der Waals surface area contributed by atoms with Crippen LogP contribution in [0, 0.1) is 0 Å². The second-order valence-corrected chi connectivity index (χ2v) is 21.6. The van der Waals surface area contributed by atoms with Crippen LogP contribution in [-0.2, 0) is 42.2 Å². The summed E-state index contributed by atoms with van der Waals surface area (Å²) in [5, 5.41) is 9.84. The van der Waals surface area contributed by atoms with Crippen molar-refractivity contribution >= 4 is 25.7 Å². The molecule has 0 amide bonds. The van der Waals surface area contributed by atoms with Gasteiger partial charge in [-0.15, -0.1) is 0 Å². The van der Waals surface area contributed by atoms with E-state index in [1.54, 1.807) is 0 Å². The highest BCUT2D eigenvalue weighted by Gasteiger charge is 2.28. The topological polar surface area (TPSA) is 155 Å². The minimum Gasteiger partial charge on any atom is -0.462 e. The van der Waals surface area contributed by atoms with Crippen molar-refractivity contribution in [3.63, 3.8) is 0 Å². The molecule has 0 radical (unpaired) electrons. The molecular formula is C64H111O11P. The van der Waals surface area contributed by atoms with Crippen LogP contribution in [-0.4, -0.2) is 66.5 Å². The molecule has 0 saturated carbocycles. The Bertz CT molecular complexity index is 1600. The zero-order valence-corrected chi connectivity index (χ0v) is 49.3. The van der Waals surface area contributed by atoms with Gasteiger partial charge in [0.15, 0.2) is 6.10 Å². The number of carbonyl (C=O) groups is 3. The molecule has 3 atom stereocenters.